The van der Waals surface area contributed by atoms with Gasteiger partial charge in [-0.3, -0.25) is 0 Å². The van der Waals surface area contributed by atoms with Crippen LogP contribution in [0.3, 0.4) is 0 Å². The number of benzene rings is 2. The molecule has 0 spiro atoms. The highest BCUT2D eigenvalue weighted by atomic mass is 16.6. The van der Waals surface area contributed by atoms with Crippen molar-refractivity contribution in [1.29, 1.82) is 0 Å². The van der Waals surface area contributed by atoms with Gasteiger partial charge in [-0.05, 0) is 37.1 Å². The van der Waals surface area contributed by atoms with Crippen molar-refractivity contribution in [3.63, 3.8) is 0 Å². The molecule has 2 aromatic carbocycles. The van der Waals surface area contributed by atoms with Gasteiger partial charge >= 0.3 is 0 Å². The van der Waals surface area contributed by atoms with E-state index in [9.17, 15) is 0 Å². The van der Waals surface area contributed by atoms with E-state index >= 15 is 0 Å². The molecule has 2 saturated heterocycles. The summed E-state index contributed by atoms with van der Waals surface area (Å²) in [4.78, 5) is 9.82. The Morgan fingerprint density at radius 2 is 1.13 bits per heavy atom. The number of hydrogen-bond donors (Lipinski definition) is 0. The van der Waals surface area contributed by atoms with Gasteiger partial charge in [-0.1, -0.05) is 24.3 Å². The lowest BCUT2D eigenvalue weighted by molar-refractivity contribution is 0.381. The normalized spacial score (nSPS) is 20.3. The molecule has 154 valence electrons. The molecule has 6 heteroatoms. The lowest BCUT2D eigenvalue weighted by Gasteiger charge is -2.09. The number of hydrogen-bond acceptors (Lipinski definition) is 4. The molecule has 0 saturated carbocycles. The van der Waals surface area contributed by atoms with Crippen molar-refractivity contribution in [3.8, 4) is 0 Å². The summed E-state index contributed by atoms with van der Waals surface area (Å²) in [6.45, 7) is 3.56. The molecule has 0 unspecified atom stereocenters. The van der Waals surface area contributed by atoms with Gasteiger partial charge < -0.3 is 18.6 Å². The number of aromatic nitrogens is 4. The van der Waals surface area contributed by atoms with Crippen molar-refractivity contribution in [2.45, 2.75) is 51.0 Å². The molecule has 2 fully saturated rings. The highest BCUT2D eigenvalue weighted by molar-refractivity contribution is 5.76. The van der Waals surface area contributed by atoms with E-state index in [0.717, 1.165) is 63.0 Å². The number of fused-ring (bicyclic) bond motifs is 2. The van der Waals surface area contributed by atoms with Crippen LogP contribution >= 0.6 is 0 Å². The van der Waals surface area contributed by atoms with Crippen molar-refractivity contribution in [1.82, 2.24) is 19.1 Å². The number of unbranched alkanes of at least 4 members (excludes halogenated alkanes) is 1. The first-order chi connectivity index (χ1) is 14.8. The Kier molecular flexibility index (Phi) is 4.54. The first kappa shape index (κ1) is 18.1. The van der Waals surface area contributed by atoms with Crippen LogP contribution in [-0.2, 0) is 35.4 Å². The molecule has 30 heavy (non-hydrogen) atoms. The molecule has 2 atom stereocenters. The van der Waals surface area contributed by atoms with E-state index in [4.69, 9.17) is 19.4 Å². The van der Waals surface area contributed by atoms with Crippen molar-refractivity contribution in [3.05, 3.63) is 60.2 Å². The van der Waals surface area contributed by atoms with E-state index < -0.39 is 0 Å². The van der Waals surface area contributed by atoms with Crippen LogP contribution in [0.25, 0.3) is 22.1 Å². The molecule has 6 nitrogen and oxygen atoms in total. The maximum absolute atomic E-state index is 5.48. The SMILES string of the molecule is c1ccc2c(c1)nc(CCCCc1nc3ccccc3n1C[C@H]1CO1)n2C[C@H]1CO1. The van der Waals surface area contributed by atoms with Crippen LogP contribution in [0.4, 0.5) is 0 Å². The minimum Gasteiger partial charge on any atom is -0.371 e. The summed E-state index contributed by atoms with van der Waals surface area (Å²) in [6.07, 6.45) is 4.85. The van der Waals surface area contributed by atoms with Gasteiger partial charge in [-0.15, -0.1) is 0 Å². The molecule has 2 aliphatic rings. The predicted octanol–water partition coefficient (Wildman–Crippen LogP) is 3.75. The van der Waals surface area contributed by atoms with Gasteiger partial charge in [0.1, 0.15) is 11.6 Å². The average Bonchev–Trinajstić information content (AvgIpc) is 3.69. The van der Waals surface area contributed by atoms with Crippen molar-refractivity contribution < 1.29 is 9.47 Å². The van der Waals surface area contributed by atoms with Crippen LogP contribution in [0.2, 0.25) is 0 Å². The molecule has 0 aliphatic carbocycles. The summed E-state index contributed by atoms with van der Waals surface area (Å²) in [5.74, 6) is 2.35. The third kappa shape index (κ3) is 3.61. The summed E-state index contributed by atoms with van der Waals surface area (Å²) in [5, 5.41) is 0. The van der Waals surface area contributed by atoms with Crippen LogP contribution in [-0.4, -0.2) is 44.5 Å². The number of aryl methyl sites for hydroxylation is 2. The van der Waals surface area contributed by atoms with Crippen molar-refractivity contribution in [2.24, 2.45) is 0 Å². The van der Waals surface area contributed by atoms with E-state index in [1.807, 2.05) is 0 Å². The third-order valence-corrected chi connectivity index (χ3v) is 6.10. The fourth-order valence-corrected chi connectivity index (χ4v) is 4.36. The van der Waals surface area contributed by atoms with Crippen LogP contribution in [0.1, 0.15) is 24.5 Å². The maximum atomic E-state index is 5.48. The molecule has 4 aromatic rings. The Morgan fingerprint density at radius 1 is 0.700 bits per heavy atom. The molecule has 0 radical (unpaired) electrons. The highest BCUT2D eigenvalue weighted by Gasteiger charge is 2.26. The first-order valence-electron chi connectivity index (χ1n) is 11.0. The molecule has 2 aliphatic heterocycles. The van der Waals surface area contributed by atoms with Gasteiger partial charge in [0.25, 0.3) is 0 Å². The number of epoxide rings is 2. The van der Waals surface area contributed by atoms with Gasteiger partial charge in [0.15, 0.2) is 0 Å². The Balaban J connectivity index is 1.16. The summed E-state index contributed by atoms with van der Waals surface area (Å²) in [6, 6.07) is 16.8. The second kappa shape index (κ2) is 7.52. The summed E-state index contributed by atoms with van der Waals surface area (Å²) in [7, 11) is 0. The number of nitrogens with zero attached hydrogens (tertiary/aromatic N) is 4. The zero-order chi connectivity index (χ0) is 19.9. The van der Waals surface area contributed by atoms with Crippen molar-refractivity contribution >= 4 is 22.1 Å². The number of ether oxygens (including phenoxy) is 2. The number of imidazole rings is 2. The molecule has 4 heterocycles. The summed E-state index contributed by atoms with van der Waals surface area (Å²) in [5.41, 5.74) is 4.60. The molecular formula is C24H26N4O2. The first-order valence-corrected chi connectivity index (χ1v) is 11.0. The van der Waals surface area contributed by atoms with Gasteiger partial charge in [-0.2, -0.15) is 0 Å². The average molecular weight is 402 g/mol. The van der Waals surface area contributed by atoms with Crippen LogP contribution in [0.15, 0.2) is 48.5 Å². The Morgan fingerprint density at radius 3 is 1.57 bits per heavy atom. The van der Waals surface area contributed by atoms with Gasteiger partial charge in [0, 0.05) is 12.8 Å². The second-order valence-corrected chi connectivity index (χ2v) is 8.37. The predicted molar refractivity (Wildman–Crippen MR) is 116 cm³/mol. The molecule has 0 N–H and O–H groups in total. The Bertz CT molecular complexity index is 1090. The second-order valence-electron chi connectivity index (χ2n) is 8.37. The fourth-order valence-electron chi connectivity index (χ4n) is 4.36. The van der Waals surface area contributed by atoms with Gasteiger partial charge in [0.05, 0.1) is 60.6 Å². The Labute approximate surface area is 175 Å². The summed E-state index contributed by atoms with van der Waals surface area (Å²) < 4.78 is 15.7. The van der Waals surface area contributed by atoms with E-state index in [0.29, 0.717) is 12.2 Å². The number of rotatable bonds is 9. The monoisotopic (exact) mass is 402 g/mol. The van der Waals surface area contributed by atoms with E-state index in [1.54, 1.807) is 0 Å². The van der Waals surface area contributed by atoms with E-state index in [1.165, 1.54) is 22.7 Å². The largest absolute Gasteiger partial charge is 0.371 e. The zero-order valence-electron chi connectivity index (χ0n) is 17.0. The minimum atomic E-state index is 0.353. The molecule has 6 rings (SSSR count). The van der Waals surface area contributed by atoms with Crippen molar-refractivity contribution in [2.75, 3.05) is 13.2 Å². The number of para-hydroxylation sites is 4. The van der Waals surface area contributed by atoms with E-state index in [-0.39, 0.29) is 0 Å². The van der Waals surface area contributed by atoms with Gasteiger partial charge in [-0.25, -0.2) is 9.97 Å². The Hall–Kier alpha value is -2.70. The quantitative estimate of drug-likeness (QED) is 0.316. The lowest BCUT2D eigenvalue weighted by Crippen LogP contribution is -2.10. The van der Waals surface area contributed by atoms with Gasteiger partial charge in [0.2, 0.25) is 0 Å². The lowest BCUT2D eigenvalue weighted by atomic mass is 10.1. The standard InChI is InChI=1S/C24H26N4O2/c1-3-9-21-19(7-1)25-23(27(21)13-17-15-29-17)11-5-6-12-24-26-20-8-2-4-10-22(20)28(24)14-18-16-30-18/h1-4,7-10,17-18H,5-6,11-16H2/t17-,18-/m0/s1. The highest BCUT2D eigenvalue weighted by Crippen LogP contribution is 2.24. The maximum Gasteiger partial charge on any atom is 0.109 e. The molecule has 0 bridgehead atoms. The minimum absolute atomic E-state index is 0.353. The molecule has 0 amide bonds. The zero-order valence-corrected chi connectivity index (χ0v) is 17.0. The third-order valence-electron chi connectivity index (χ3n) is 6.10. The fraction of sp³-hybridized carbons (Fsp3) is 0.417. The topological polar surface area (TPSA) is 60.7 Å². The van der Waals surface area contributed by atoms with E-state index in [2.05, 4.69) is 57.7 Å². The van der Waals surface area contributed by atoms with Crippen LogP contribution in [0.5, 0.6) is 0 Å². The van der Waals surface area contributed by atoms with Crippen LogP contribution < -0.4 is 0 Å². The molecule has 2 aromatic heterocycles. The summed E-state index contributed by atoms with van der Waals surface area (Å²) >= 11 is 0. The smallest absolute Gasteiger partial charge is 0.109 e. The molecular weight excluding hydrogens is 376 g/mol. The van der Waals surface area contributed by atoms with Crippen LogP contribution in [0, 0.1) is 0 Å².